The molecule has 1 heterocycles. The minimum absolute atomic E-state index is 0.847. The molecular formula is C8H15N2O4P. The molecule has 1 aromatic rings. The smallest absolute Gasteiger partial charge is 0.334 e. The van der Waals surface area contributed by atoms with E-state index in [9.17, 15) is 4.57 Å². The number of phosphoric acid groups is 1. The van der Waals surface area contributed by atoms with Gasteiger partial charge >= 0.3 is 7.82 Å². The van der Waals surface area contributed by atoms with Crippen LogP contribution in [0.5, 0.6) is 0 Å². The summed E-state index contributed by atoms with van der Waals surface area (Å²) in [6.07, 6.45) is 7.26. The van der Waals surface area contributed by atoms with Gasteiger partial charge in [-0.05, 0) is 0 Å². The molecule has 0 aliphatic carbocycles. The number of imidazole rings is 1. The van der Waals surface area contributed by atoms with Crippen LogP contribution in [0.15, 0.2) is 31.4 Å². The highest BCUT2D eigenvalue weighted by Crippen LogP contribution is 2.40. The monoisotopic (exact) mass is 234 g/mol. The Kier molecular flexibility index (Phi) is 6.90. The Morgan fingerprint density at radius 1 is 1.60 bits per heavy atom. The van der Waals surface area contributed by atoms with E-state index in [0.717, 1.165) is 20.8 Å². The van der Waals surface area contributed by atoms with E-state index in [2.05, 4.69) is 20.6 Å². The first-order valence-corrected chi connectivity index (χ1v) is 5.56. The summed E-state index contributed by atoms with van der Waals surface area (Å²) in [7, 11) is -1.45. The van der Waals surface area contributed by atoms with Crippen LogP contribution in [0, 0.1) is 0 Å². The van der Waals surface area contributed by atoms with Crippen molar-refractivity contribution in [3.63, 3.8) is 0 Å². The maximum atomic E-state index is 10.1. The topological polar surface area (TPSA) is 73.6 Å². The number of aromatic nitrogens is 2. The molecule has 0 fully saturated rings. The predicted octanol–water partition coefficient (Wildman–Crippen LogP) is 1.45. The molecule has 0 aliphatic heterocycles. The average Bonchev–Trinajstić information content (AvgIpc) is 2.72. The van der Waals surface area contributed by atoms with Gasteiger partial charge in [0.05, 0.1) is 6.33 Å². The van der Waals surface area contributed by atoms with Crippen molar-refractivity contribution in [2.24, 2.45) is 0 Å². The van der Waals surface area contributed by atoms with Gasteiger partial charge in [0, 0.05) is 33.2 Å². The molecule has 1 rings (SSSR count). The van der Waals surface area contributed by atoms with Crippen LogP contribution < -0.4 is 0 Å². The summed E-state index contributed by atoms with van der Waals surface area (Å²) in [5.74, 6) is 0. The van der Waals surface area contributed by atoms with Crippen LogP contribution in [0.1, 0.15) is 0 Å². The first-order chi connectivity index (χ1) is 7.05. The van der Waals surface area contributed by atoms with Crippen molar-refractivity contribution in [1.29, 1.82) is 0 Å². The van der Waals surface area contributed by atoms with E-state index in [4.69, 9.17) is 4.89 Å². The van der Waals surface area contributed by atoms with Gasteiger partial charge in [0.2, 0.25) is 0 Å². The fourth-order valence-corrected chi connectivity index (χ4v) is 0.767. The van der Waals surface area contributed by atoms with E-state index in [0.29, 0.717) is 0 Å². The van der Waals surface area contributed by atoms with E-state index < -0.39 is 7.82 Å². The molecule has 0 spiro atoms. The van der Waals surface area contributed by atoms with Gasteiger partial charge < -0.3 is 9.46 Å². The minimum atomic E-state index is -3.65. The van der Waals surface area contributed by atoms with Gasteiger partial charge in [0.15, 0.2) is 0 Å². The van der Waals surface area contributed by atoms with Crippen molar-refractivity contribution in [2.45, 2.75) is 6.54 Å². The first-order valence-electron chi connectivity index (χ1n) is 4.06. The summed E-state index contributed by atoms with van der Waals surface area (Å²) in [5, 5.41) is 0. The largest absolute Gasteiger partial charge is 0.471 e. The molecule has 1 N–H and O–H groups in total. The molecule has 0 aliphatic rings. The molecule has 0 atom stereocenters. The molecule has 0 saturated carbocycles. The van der Waals surface area contributed by atoms with Gasteiger partial charge in [-0.1, -0.05) is 6.08 Å². The lowest BCUT2D eigenvalue weighted by atomic mass is 10.6. The van der Waals surface area contributed by atoms with Crippen LogP contribution in [0.4, 0.5) is 0 Å². The Morgan fingerprint density at radius 3 is 2.47 bits per heavy atom. The van der Waals surface area contributed by atoms with Crippen molar-refractivity contribution in [2.75, 3.05) is 14.2 Å². The zero-order valence-corrected chi connectivity index (χ0v) is 9.63. The molecule has 86 valence electrons. The molecule has 0 unspecified atom stereocenters. The molecule has 0 bridgehead atoms. The van der Waals surface area contributed by atoms with E-state index >= 15 is 0 Å². The lowest BCUT2D eigenvalue weighted by Gasteiger charge is -2.01. The Bertz CT molecular complexity index is 304. The Morgan fingerprint density at radius 2 is 2.20 bits per heavy atom. The quantitative estimate of drug-likeness (QED) is 0.630. The van der Waals surface area contributed by atoms with Crippen LogP contribution >= 0.6 is 7.82 Å². The van der Waals surface area contributed by atoms with Gasteiger partial charge in [0.25, 0.3) is 0 Å². The Hall–Kier alpha value is -0.940. The SMILES string of the molecule is C=CCn1ccnc1.COP(=O)(O)OC. The third kappa shape index (κ3) is 7.04. The summed E-state index contributed by atoms with van der Waals surface area (Å²) in [5.41, 5.74) is 0. The fourth-order valence-electron chi connectivity index (χ4n) is 0.618. The summed E-state index contributed by atoms with van der Waals surface area (Å²) < 4.78 is 20.0. The van der Waals surface area contributed by atoms with Crippen molar-refractivity contribution in [1.82, 2.24) is 9.55 Å². The molecular weight excluding hydrogens is 219 g/mol. The van der Waals surface area contributed by atoms with E-state index in [-0.39, 0.29) is 0 Å². The highest BCUT2D eigenvalue weighted by atomic mass is 31.2. The normalized spacial score (nSPS) is 10.3. The van der Waals surface area contributed by atoms with Crippen LogP contribution in [0.25, 0.3) is 0 Å². The number of allylic oxidation sites excluding steroid dienone is 1. The zero-order chi connectivity index (χ0) is 11.7. The average molecular weight is 234 g/mol. The van der Waals surface area contributed by atoms with Crippen LogP contribution in [0.3, 0.4) is 0 Å². The molecule has 0 aromatic carbocycles. The van der Waals surface area contributed by atoms with Gasteiger partial charge in [-0.2, -0.15) is 0 Å². The second-order valence-corrected chi connectivity index (χ2v) is 4.05. The number of nitrogens with zero attached hydrogens (tertiary/aromatic N) is 2. The maximum Gasteiger partial charge on any atom is 0.471 e. The van der Waals surface area contributed by atoms with Gasteiger partial charge in [-0.3, -0.25) is 9.05 Å². The van der Waals surface area contributed by atoms with Crippen molar-refractivity contribution in [3.8, 4) is 0 Å². The second kappa shape index (κ2) is 7.36. The van der Waals surface area contributed by atoms with Crippen LogP contribution in [-0.2, 0) is 20.2 Å². The number of rotatable bonds is 4. The molecule has 1 aromatic heterocycles. The minimum Gasteiger partial charge on any atom is -0.334 e. The summed E-state index contributed by atoms with van der Waals surface area (Å²) in [6, 6.07) is 0. The lowest BCUT2D eigenvalue weighted by Crippen LogP contribution is -1.87. The molecule has 0 amide bonds. The van der Waals surface area contributed by atoms with Crippen LogP contribution in [0.2, 0.25) is 0 Å². The number of hydrogen-bond donors (Lipinski definition) is 1. The summed E-state index contributed by atoms with van der Waals surface area (Å²) >= 11 is 0. The van der Waals surface area contributed by atoms with Crippen LogP contribution in [-0.4, -0.2) is 28.7 Å². The van der Waals surface area contributed by atoms with Crippen molar-refractivity contribution >= 4 is 7.82 Å². The Balaban J connectivity index is 0.000000265. The first kappa shape index (κ1) is 14.1. The second-order valence-electron chi connectivity index (χ2n) is 2.38. The molecule has 7 heteroatoms. The molecule has 15 heavy (non-hydrogen) atoms. The van der Waals surface area contributed by atoms with Gasteiger partial charge in [-0.15, -0.1) is 6.58 Å². The number of hydrogen-bond acceptors (Lipinski definition) is 4. The van der Waals surface area contributed by atoms with Gasteiger partial charge in [0.1, 0.15) is 0 Å². The van der Waals surface area contributed by atoms with E-state index in [1.54, 1.807) is 12.5 Å². The highest BCUT2D eigenvalue weighted by molar-refractivity contribution is 7.47. The molecule has 6 nitrogen and oxygen atoms in total. The van der Waals surface area contributed by atoms with E-state index in [1.807, 2.05) is 16.8 Å². The molecule has 0 saturated heterocycles. The predicted molar refractivity (Wildman–Crippen MR) is 56.3 cm³/mol. The highest BCUT2D eigenvalue weighted by Gasteiger charge is 2.13. The maximum absolute atomic E-state index is 10.1. The standard InChI is InChI=1S/C6H8N2.C2H7O4P/c1-2-4-8-5-3-7-6-8;1-5-7(3,4)6-2/h2-3,5-6H,1,4H2;1-2H3,(H,3,4). The Labute approximate surface area is 88.8 Å². The third-order valence-electron chi connectivity index (χ3n) is 1.36. The lowest BCUT2D eigenvalue weighted by molar-refractivity contribution is 0.204. The number of phosphoric ester groups is 1. The third-order valence-corrected chi connectivity index (χ3v) is 2.28. The van der Waals surface area contributed by atoms with Gasteiger partial charge in [-0.25, -0.2) is 9.55 Å². The van der Waals surface area contributed by atoms with E-state index in [1.165, 1.54) is 0 Å². The zero-order valence-electron chi connectivity index (χ0n) is 8.74. The van der Waals surface area contributed by atoms with Crippen molar-refractivity contribution < 1.29 is 18.5 Å². The fraction of sp³-hybridized carbons (Fsp3) is 0.375. The summed E-state index contributed by atoms with van der Waals surface area (Å²) in [6.45, 7) is 4.43. The molecule has 0 radical (unpaired) electrons. The van der Waals surface area contributed by atoms with Crippen molar-refractivity contribution in [3.05, 3.63) is 31.4 Å². The summed E-state index contributed by atoms with van der Waals surface area (Å²) in [4.78, 5) is 12.1.